The molecule has 2 rings (SSSR count). The molecule has 0 spiro atoms. The Morgan fingerprint density at radius 2 is 2.00 bits per heavy atom. The molecule has 0 aromatic heterocycles. The number of non-ortho nitro benzene ring substituents is 1. The fraction of sp³-hybridized carbons (Fsp3) is 0.0625. The van der Waals surface area contributed by atoms with Crippen molar-refractivity contribution >= 4 is 41.1 Å². The average Bonchev–Trinajstić information content (AvgIpc) is 2.63. The van der Waals surface area contributed by atoms with Crippen molar-refractivity contribution in [1.82, 2.24) is 10.7 Å². The van der Waals surface area contributed by atoms with Crippen LogP contribution in [0.25, 0.3) is 0 Å². The predicted octanol–water partition coefficient (Wildman–Crippen LogP) is 2.66. The van der Waals surface area contributed by atoms with Crippen molar-refractivity contribution in [3.63, 3.8) is 0 Å². The number of benzene rings is 2. The SMILES string of the molecule is O=C(CNC(=O)Nc1ccc([N+](=O)[O-])cc1Cl)N/N=C\c1ccccc1F. The third-order valence-corrected chi connectivity index (χ3v) is 3.43. The van der Waals surface area contributed by atoms with Crippen molar-refractivity contribution in [2.24, 2.45) is 5.10 Å². The molecule has 0 fully saturated rings. The largest absolute Gasteiger partial charge is 0.329 e. The summed E-state index contributed by atoms with van der Waals surface area (Å²) in [5, 5.41) is 18.8. The van der Waals surface area contributed by atoms with Crippen LogP contribution >= 0.6 is 11.6 Å². The van der Waals surface area contributed by atoms with Crippen LogP contribution < -0.4 is 16.1 Å². The van der Waals surface area contributed by atoms with Gasteiger partial charge in [-0.05, 0) is 12.1 Å². The van der Waals surface area contributed by atoms with Crippen molar-refractivity contribution in [3.05, 3.63) is 69.0 Å². The maximum Gasteiger partial charge on any atom is 0.319 e. The normalized spacial score (nSPS) is 10.4. The molecule has 0 aliphatic carbocycles. The highest BCUT2D eigenvalue weighted by Gasteiger charge is 2.12. The Bertz CT molecular complexity index is 906. The van der Waals surface area contributed by atoms with E-state index in [0.717, 1.165) is 12.3 Å². The van der Waals surface area contributed by atoms with E-state index in [4.69, 9.17) is 11.6 Å². The monoisotopic (exact) mass is 393 g/mol. The number of amides is 3. The summed E-state index contributed by atoms with van der Waals surface area (Å²) in [6, 6.07) is 8.63. The quantitative estimate of drug-likeness (QED) is 0.396. The van der Waals surface area contributed by atoms with E-state index in [2.05, 4.69) is 21.2 Å². The first-order valence-corrected chi connectivity index (χ1v) is 7.80. The topological polar surface area (TPSA) is 126 Å². The number of nitrogens with zero attached hydrogens (tertiary/aromatic N) is 2. The molecule has 0 radical (unpaired) electrons. The van der Waals surface area contributed by atoms with Crippen molar-refractivity contribution in [1.29, 1.82) is 0 Å². The molecule has 0 aliphatic heterocycles. The number of hydrogen-bond acceptors (Lipinski definition) is 5. The van der Waals surface area contributed by atoms with E-state index in [1.165, 1.54) is 30.3 Å². The number of anilines is 1. The van der Waals surface area contributed by atoms with Crippen LogP contribution in [0.4, 0.5) is 20.6 Å². The van der Waals surface area contributed by atoms with Crippen molar-refractivity contribution in [3.8, 4) is 0 Å². The number of carbonyl (C=O) groups is 2. The molecule has 0 aliphatic rings. The summed E-state index contributed by atoms with van der Waals surface area (Å²) in [5.41, 5.74) is 2.23. The van der Waals surface area contributed by atoms with Gasteiger partial charge in [-0.15, -0.1) is 0 Å². The minimum absolute atomic E-state index is 0.0294. The summed E-state index contributed by atoms with van der Waals surface area (Å²) in [4.78, 5) is 33.4. The number of rotatable bonds is 6. The van der Waals surface area contributed by atoms with Crippen LogP contribution in [0.15, 0.2) is 47.6 Å². The molecule has 0 unspecified atom stereocenters. The van der Waals surface area contributed by atoms with E-state index in [0.29, 0.717) is 0 Å². The first-order valence-electron chi connectivity index (χ1n) is 7.42. The molecule has 27 heavy (non-hydrogen) atoms. The molecular weight excluding hydrogens is 381 g/mol. The first-order chi connectivity index (χ1) is 12.9. The number of urea groups is 1. The molecular formula is C16H13ClFN5O4. The summed E-state index contributed by atoms with van der Waals surface area (Å²) < 4.78 is 13.4. The Labute approximate surface area is 157 Å². The fourth-order valence-electron chi connectivity index (χ4n) is 1.84. The van der Waals surface area contributed by atoms with Gasteiger partial charge in [-0.25, -0.2) is 14.6 Å². The molecule has 0 heterocycles. The van der Waals surface area contributed by atoms with Gasteiger partial charge in [0.2, 0.25) is 0 Å². The zero-order chi connectivity index (χ0) is 19.8. The van der Waals surface area contributed by atoms with Crippen molar-refractivity contribution in [2.45, 2.75) is 0 Å². The molecule has 0 atom stereocenters. The Morgan fingerprint density at radius 1 is 1.26 bits per heavy atom. The van der Waals surface area contributed by atoms with Gasteiger partial charge < -0.3 is 10.6 Å². The van der Waals surface area contributed by atoms with Crippen LogP contribution in [0.5, 0.6) is 0 Å². The third-order valence-electron chi connectivity index (χ3n) is 3.12. The molecule has 2 aromatic rings. The minimum atomic E-state index is -0.751. The summed E-state index contributed by atoms with van der Waals surface area (Å²) in [7, 11) is 0. The predicted molar refractivity (Wildman–Crippen MR) is 97.3 cm³/mol. The standard InChI is InChI=1S/C16H13ClFN5O4/c17-12-7-11(23(26)27)5-6-14(12)21-16(25)19-9-15(24)22-20-8-10-3-1-2-4-13(10)18/h1-8H,9H2,(H,22,24)(H2,19,21,25)/b20-8-. The maximum atomic E-state index is 13.4. The van der Waals surface area contributed by atoms with E-state index in [9.17, 15) is 24.1 Å². The number of hydrogen-bond donors (Lipinski definition) is 3. The van der Waals surface area contributed by atoms with Gasteiger partial charge in [0.1, 0.15) is 12.4 Å². The second-order valence-corrected chi connectivity index (χ2v) is 5.45. The van der Waals surface area contributed by atoms with Gasteiger partial charge in [-0.2, -0.15) is 5.10 Å². The van der Waals surface area contributed by atoms with Crippen LogP contribution in [0.1, 0.15) is 5.56 Å². The number of carbonyl (C=O) groups excluding carboxylic acids is 2. The molecule has 9 nitrogen and oxygen atoms in total. The number of nitro benzene ring substituents is 1. The van der Waals surface area contributed by atoms with Gasteiger partial charge in [-0.3, -0.25) is 14.9 Å². The van der Waals surface area contributed by atoms with Gasteiger partial charge in [0.15, 0.2) is 0 Å². The lowest BCUT2D eigenvalue weighted by Crippen LogP contribution is -2.37. The Morgan fingerprint density at radius 3 is 2.67 bits per heavy atom. The highest BCUT2D eigenvalue weighted by Crippen LogP contribution is 2.26. The van der Waals surface area contributed by atoms with Crippen LogP contribution in [0, 0.1) is 15.9 Å². The lowest BCUT2D eigenvalue weighted by molar-refractivity contribution is -0.384. The van der Waals surface area contributed by atoms with Gasteiger partial charge in [0.25, 0.3) is 11.6 Å². The van der Waals surface area contributed by atoms with Gasteiger partial charge in [0.05, 0.1) is 21.8 Å². The third kappa shape index (κ3) is 6.04. The van der Waals surface area contributed by atoms with Crippen LogP contribution in [-0.4, -0.2) is 29.6 Å². The average molecular weight is 394 g/mol. The molecule has 0 saturated carbocycles. The molecule has 3 amide bonds. The molecule has 0 bridgehead atoms. The van der Waals surface area contributed by atoms with Gasteiger partial charge in [-0.1, -0.05) is 29.8 Å². The van der Waals surface area contributed by atoms with E-state index in [1.54, 1.807) is 6.07 Å². The number of nitrogens with one attached hydrogen (secondary N) is 3. The number of hydrazone groups is 1. The van der Waals surface area contributed by atoms with E-state index < -0.39 is 29.2 Å². The summed E-state index contributed by atoms with van der Waals surface area (Å²) in [6.07, 6.45) is 1.13. The highest BCUT2D eigenvalue weighted by atomic mass is 35.5. The van der Waals surface area contributed by atoms with Gasteiger partial charge in [0, 0.05) is 17.7 Å². The summed E-state index contributed by atoms with van der Waals surface area (Å²) >= 11 is 5.84. The van der Waals surface area contributed by atoms with Crippen molar-refractivity contribution < 1.29 is 18.9 Å². The zero-order valence-corrected chi connectivity index (χ0v) is 14.4. The highest BCUT2D eigenvalue weighted by molar-refractivity contribution is 6.33. The lowest BCUT2D eigenvalue weighted by Gasteiger charge is -2.08. The summed E-state index contributed by atoms with van der Waals surface area (Å²) in [6.45, 7) is -0.412. The number of nitro groups is 1. The zero-order valence-electron chi connectivity index (χ0n) is 13.6. The Hall–Kier alpha value is -3.53. The first kappa shape index (κ1) is 19.8. The molecule has 0 saturated heterocycles. The van der Waals surface area contributed by atoms with E-state index in [1.807, 2.05) is 0 Å². The lowest BCUT2D eigenvalue weighted by atomic mass is 10.2. The minimum Gasteiger partial charge on any atom is -0.329 e. The van der Waals surface area contributed by atoms with Crippen molar-refractivity contribution in [2.75, 3.05) is 11.9 Å². The maximum absolute atomic E-state index is 13.4. The van der Waals surface area contributed by atoms with Crippen LogP contribution in [0.2, 0.25) is 5.02 Å². The second kappa shape index (κ2) is 9.25. The van der Waals surface area contributed by atoms with Crippen LogP contribution in [0.3, 0.4) is 0 Å². The fourth-order valence-corrected chi connectivity index (χ4v) is 2.06. The Kier molecular flexibility index (Phi) is 6.78. The summed E-state index contributed by atoms with van der Waals surface area (Å²) in [5.74, 6) is -1.14. The Balaban J connectivity index is 1.80. The van der Waals surface area contributed by atoms with Gasteiger partial charge >= 0.3 is 6.03 Å². The smallest absolute Gasteiger partial charge is 0.319 e. The van der Waals surface area contributed by atoms with E-state index >= 15 is 0 Å². The molecule has 140 valence electrons. The van der Waals surface area contributed by atoms with E-state index in [-0.39, 0.29) is 22.0 Å². The van der Waals surface area contributed by atoms with Crippen LogP contribution in [-0.2, 0) is 4.79 Å². The number of halogens is 2. The molecule has 3 N–H and O–H groups in total. The molecule has 11 heteroatoms. The molecule has 2 aromatic carbocycles. The second-order valence-electron chi connectivity index (χ2n) is 5.04.